The molecule has 0 aliphatic carbocycles. The predicted octanol–water partition coefficient (Wildman–Crippen LogP) is 3.66. The first-order valence-corrected chi connectivity index (χ1v) is 5.76. The normalized spacial score (nSPS) is 12.5. The summed E-state index contributed by atoms with van der Waals surface area (Å²) >= 11 is 5.63. The molecule has 1 N–H and O–H groups in total. The average Bonchev–Trinajstić information content (AvgIpc) is 2.09. The highest BCUT2D eigenvalue weighted by Gasteiger charge is 2.09. The molecule has 0 spiro atoms. The molecule has 0 bridgehead atoms. The van der Waals surface area contributed by atoms with Gasteiger partial charge in [-0.05, 0) is 52.8 Å². The maximum Gasteiger partial charge on any atom is 0.0835 e. The van der Waals surface area contributed by atoms with Crippen LogP contribution in [-0.2, 0) is 0 Å². The van der Waals surface area contributed by atoms with Crippen molar-refractivity contribution >= 4 is 38.5 Å². The summed E-state index contributed by atoms with van der Waals surface area (Å²) in [6.07, 6.45) is 1.84. The van der Waals surface area contributed by atoms with Gasteiger partial charge in [0.05, 0.1) is 6.10 Å². The van der Waals surface area contributed by atoms with E-state index in [0.717, 1.165) is 13.6 Å². The van der Waals surface area contributed by atoms with E-state index >= 15 is 0 Å². The molecule has 1 unspecified atom stereocenters. The topological polar surface area (TPSA) is 20.2 Å². The molecule has 0 fully saturated rings. The minimum atomic E-state index is -0.457. The molecule has 0 aliphatic rings. The van der Waals surface area contributed by atoms with Crippen LogP contribution in [0.15, 0.2) is 35.3 Å². The number of benzene rings is 1. The van der Waals surface area contributed by atoms with Crippen molar-refractivity contribution in [3.8, 4) is 0 Å². The van der Waals surface area contributed by atoms with Crippen molar-refractivity contribution in [3.05, 3.63) is 44.5 Å². The van der Waals surface area contributed by atoms with E-state index in [0.29, 0.717) is 6.42 Å². The Labute approximate surface area is 100 Å². The Balaban J connectivity index is 2.97. The van der Waals surface area contributed by atoms with Gasteiger partial charge in [-0.3, -0.25) is 0 Å². The summed E-state index contributed by atoms with van der Waals surface area (Å²) in [7, 11) is 0. The number of rotatable bonds is 3. The Morgan fingerprint density at radius 2 is 2.31 bits per heavy atom. The Hall–Kier alpha value is 0.130. The molecule has 70 valence electrons. The number of halogens is 2. The highest BCUT2D eigenvalue weighted by Crippen LogP contribution is 2.27. The van der Waals surface area contributed by atoms with Crippen molar-refractivity contribution < 1.29 is 5.11 Å². The lowest BCUT2D eigenvalue weighted by atomic mass is 10.1. The van der Waals surface area contributed by atoms with Gasteiger partial charge in [0.1, 0.15) is 0 Å². The standard InChI is InChI=1S/C10H10BrIO/c1-2-3-10(13)8-6-7(12)4-5-9(8)11/h2,4-6,10,13H,1,3H2. The minimum absolute atomic E-state index is 0.457. The van der Waals surface area contributed by atoms with Gasteiger partial charge in [0, 0.05) is 8.04 Å². The third-order valence-electron chi connectivity index (χ3n) is 1.71. The number of hydrogen-bond donors (Lipinski definition) is 1. The van der Waals surface area contributed by atoms with E-state index in [9.17, 15) is 5.11 Å². The van der Waals surface area contributed by atoms with Gasteiger partial charge in [-0.25, -0.2) is 0 Å². The summed E-state index contributed by atoms with van der Waals surface area (Å²) in [6, 6.07) is 5.91. The average molecular weight is 353 g/mol. The monoisotopic (exact) mass is 352 g/mol. The second-order valence-corrected chi connectivity index (χ2v) is 4.81. The lowest BCUT2D eigenvalue weighted by molar-refractivity contribution is 0.181. The molecule has 0 aliphatic heterocycles. The van der Waals surface area contributed by atoms with Crippen LogP contribution in [0.3, 0.4) is 0 Å². The van der Waals surface area contributed by atoms with Crippen molar-refractivity contribution in [2.75, 3.05) is 0 Å². The Bertz CT molecular complexity index is 312. The largest absolute Gasteiger partial charge is 0.388 e. The van der Waals surface area contributed by atoms with Crippen molar-refractivity contribution in [1.82, 2.24) is 0 Å². The van der Waals surface area contributed by atoms with Crippen LogP contribution < -0.4 is 0 Å². The SMILES string of the molecule is C=CCC(O)c1cc(I)ccc1Br. The van der Waals surface area contributed by atoms with Crippen LogP contribution in [0, 0.1) is 3.57 Å². The summed E-state index contributed by atoms with van der Waals surface area (Å²) in [4.78, 5) is 0. The first-order chi connectivity index (χ1) is 6.15. The summed E-state index contributed by atoms with van der Waals surface area (Å²) in [5.74, 6) is 0. The molecule has 0 saturated heterocycles. The zero-order valence-corrected chi connectivity index (χ0v) is 10.7. The molecule has 1 atom stereocenters. The molecule has 0 amide bonds. The zero-order valence-electron chi connectivity index (χ0n) is 7.00. The first-order valence-electron chi connectivity index (χ1n) is 3.89. The first kappa shape index (κ1) is 11.2. The van der Waals surface area contributed by atoms with E-state index in [1.807, 2.05) is 18.2 Å². The smallest absolute Gasteiger partial charge is 0.0835 e. The van der Waals surface area contributed by atoms with Gasteiger partial charge in [0.2, 0.25) is 0 Å². The second-order valence-electron chi connectivity index (χ2n) is 2.71. The molecular formula is C10H10BrIO. The Kier molecular flexibility index (Phi) is 4.41. The van der Waals surface area contributed by atoms with Gasteiger partial charge in [0.25, 0.3) is 0 Å². The lowest BCUT2D eigenvalue weighted by Crippen LogP contribution is -1.97. The van der Waals surface area contributed by atoms with Crippen LogP contribution in [0.25, 0.3) is 0 Å². The number of aliphatic hydroxyl groups excluding tert-OH is 1. The fraction of sp³-hybridized carbons (Fsp3) is 0.200. The highest BCUT2D eigenvalue weighted by molar-refractivity contribution is 14.1. The predicted molar refractivity (Wildman–Crippen MR) is 66.6 cm³/mol. The third kappa shape index (κ3) is 3.07. The lowest BCUT2D eigenvalue weighted by Gasteiger charge is -2.10. The molecule has 0 aromatic heterocycles. The Morgan fingerprint density at radius 3 is 2.92 bits per heavy atom. The van der Waals surface area contributed by atoms with Crippen molar-refractivity contribution in [1.29, 1.82) is 0 Å². The Morgan fingerprint density at radius 1 is 1.62 bits per heavy atom. The second kappa shape index (κ2) is 5.12. The van der Waals surface area contributed by atoms with Gasteiger partial charge >= 0.3 is 0 Å². The quantitative estimate of drug-likeness (QED) is 0.650. The van der Waals surface area contributed by atoms with Gasteiger partial charge in [0.15, 0.2) is 0 Å². The van der Waals surface area contributed by atoms with Crippen LogP contribution in [0.4, 0.5) is 0 Å². The van der Waals surface area contributed by atoms with Gasteiger partial charge < -0.3 is 5.11 Å². The van der Waals surface area contributed by atoms with E-state index in [4.69, 9.17) is 0 Å². The summed E-state index contributed by atoms with van der Waals surface area (Å²) in [6.45, 7) is 3.60. The fourth-order valence-corrected chi connectivity index (χ4v) is 2.08. The third-order valence-corrected chi connectivity index (χ3v) is 3.10. The molecule has 1 aromatic carbocycles. The summed E-state index contributed by atoms with van der Waals surface area (Å²) in [5, 5.41) is 9.72. The van der Waals surface area contributed by atoms with Crippen LogP contribution in [0.1, 0.15) is 18.1 Å². The zero-order chi connectivity index (χ0) is 9.84. The maximum atomic E-state index is 9.72. The van der Waals surface area contributed by atoms with Gasteiger partial charge in [-0.2, -0.15) is 0 Å². The van der Waals surface area contributed by atoms with Crippen molar-refractivity contribution in [2.24, 2.45) is 0 Å². The van der Waals surface area contributed by atoms with Crippen molar-refractivity contribution in [2.45, 2.75) is 12.5 Å². The molecule has 0 saturated carbocycles. The van der Waals surface area contributed by atoms with E-state index in [-0.39, 0.29) is 0 Å². The fourth-order valence-electron chi connectivity index (χ4n) is 1.05. The molecule has 13 heavy (non-hydrogen) atoms. The van der Waals surface area contributed by atoms with E-state index in [1.165, 1.54) is 0 Å². The van der Waals surface area contributed by atoms with Crippen molar-refractivity contribution in [3.63, 3.8) is 0 Å². The molecule has 1 aromatic rings. The summed E-state index contributed by atoms with van der Waals surface area (Å²) < 4.78 is 2.07. The summed E-state index contributed by atoms with van der Waals surface area (Å²) in [5.41, 5.74) is 0.923. The van der Waals surface area contributed by atoms with E-state index in [2.05, 4.69) is 45.1 Å². The molecule has 3 heteroatoms. The molecular weight excluding hydrogens is 343 g/mol. The molecule has 1 nitrogen and oxygen atoms in total. The number of hydrogen-bond acceptors (Lipinski definition) is 1. The van der Waals surface area contributed by atoms with Crippen LogP contribution in [0.5, 0.6) is 0 Å². The van der Waals surface area contributed by atoms with Crippen LogP contribution >= 0.6 is 38.5 Å². The van der Waals surface area contributed by atoms with Gasteiger partial charge in [-0.15, -0.1) is 6.58 Å². The van der Waals surface area contributed by atoms with Gasteiger partial charge in [-0.1, -0.05) is 22.0 Å². The molecule has 1 rings (SSSR count). The highest BCUT2D eigenvalue weighted by atomic mass is 127. The maximum absolute atomic E-state index is 9.72. The van der Waals surface area contributed by atoms with Crippen LogP contribution in [0.2, 0.25) is 0 Å². The molecule has 0 heterocycles. The number of aliphatic hydroxyl groups is 1. The van der Waals surface area contributed by atoms with E-state index in [1.54, 1.807) is 6.08 Å². The van der Waals surface area contributed by atoms with E-state index < -0.39 is 6.10 Å². The minimum Gasteiger partial charge on any atom is -0.388 e. The van der Waals surface area contributed by atoms with Crippen LogP contribution in [-0.4, -0.2) is 5.11 Å². The molecule has 0 radical (unpaired) electrons.